The summed E-state index contributed by atoms with van der Waals surface area (Å²) in [7, 11) is 0. The van der Waals surface area contributed by atoms with Gasteiger partial charge >= 0.3 is 5.97 Å². The zero-order chi connectivity index (χ0) is 17.8. The van der Waals surface area contributed by atoms with Crippen LogP contribution in [0.3, 0.4) is 0 Å². The van der Waals surface area contributed by atoms with E-state index >= 15 is 0 Å². The maximum atomic E-state index is 12.1. The number of benzene rings is 1. The fourth-order valence-corrected chi connectivity index (χ4v) is 3.83. The zero-order valence-electron chi connectivity index (χ0n) is 13.9. The van der Waals surface area contributed by atoms with Crippen LogP contribution < -0.4 is 0 Å². The summed E-state index contributed by atoms with van der Waals surface area (Å²) in [6.45, 7) is 3.76. The predicted octanol–water partition coefficient (Wildman–Crippen LogP) is 4.78. The number of aromatic nitrogens is 1. The SMILES string of the molecule is CCc1ccc(-c2nc(C(=O)OCC(=O)c3ccc(C)s3)cs2)cc1. The highest BCUT2D eigenvalue weighted by molar-refractivity contribution is 7.14. The largest absolute Gasteiger partial charge is 0.453 e. The number of esters is 1. The van der Waals surface area contributed by atoms with E-state index in [4.69, 9.17) is 4.74 Å². The highest BCUT2D eigenvalue weighted by Gasteiger charge is 2.16. The molecular formula is C19H17NO3S2. The number of hydrogen-bond donors (Lipinski definition) is 0. The molecule has 3 aromatic rings. The number of nitrogens with zero attached hydrogens (tertiary/aromatic N) is 1. The number of carbonyl (C=O) groups excluding carboxylic acids is 2. The minimum Gasteiger partial charge on any atom is -0.453 e. The Morgan fingerprint density at radius 1 is 1.12 bits per heavy atom. The van der Waals surface area contributed by atoms with Gasteiger partial charge in [0.1, 0.15) is 5.01 Å². The van der Waals surface area contributed by atoms with E-state index in [9.17, 15) is 9.59 Å². The normalized spacial score (nSPS) is 10.6. The van der Waals surface area contributed by atoms with Crippen LogP contribution in [-0.4, -0.2) is 23.3 Å². The van der Waals surface area contributed by atoms with E-state index in [1.54, 1.807) is 11.4 Å². The molecule has 0 aliphatic carbocycles. The van der Waals surface area contributed by atoms with E-state index in [0.29, 0.717) is 4.88 Å². The highest BCUT2D eigenvalue weighted by Crippen LogP contribution is 2.24. The minimum atomic E-state index is -0.575. The molecule has 0 saturated heterocycles. The second-order valence-corrected chi connectivity index (χ2v) is 7.64. The Morgan fingerprint density at radius 3 is 2.52 bits per heavy atom. The van der Waals surface area contributed by atoms with Gasteiger partial charge in [-0.1, -0.05) is 31.2 Å². The Bertz CT molecular complexity index is 894. The maximum Gasteiger partial charge on any atom is 0.358 e. The van der Waals surface area contributed by atoms with Gasteiger partial charge in [0.25, 0.3) is 0 Å². The summed E-state index contributed by atoms with van der Waals surface area (Å²) in [5, 5.41) is 2.42. The third-order valence-corrected chi connectivity index (χ3v) is 5.61. The first-order valence-electron chi connectivity index (χ1n) is 7.88. The van der Waals surface area contributed by atoms with E-state index in [2.05, 4.69) is 24.0 Å². The Balaban J connectivity index is 1.63. The summed E-state index contributed by atoms with van der Waals surface area (Å²) >= 11 is 2.78. The Hall–Kier alpha value is -2.31. The number of rotatable bonds is 6. The number of aryl methyl sites for hydroxylation is 2. The van der Waals surface area contributed by atoms with Crippen LogP contribution in [0.4, 0.5) is 0 Å². The van der Waals surface area contributed by atoms with Crippen LogP contribution >= 0.6 is 22.7 Å². The van der Waals surface area contributed by atoms with E-state index < -0.39 is 5.97 Å². The van der Waals surface area contributed by atoms with Gasteiger partial charge in [-0.2, -0.15) is 0 Å². The van der Waals surface area contributed by atoms with E-state index in [1.165, 1.54) is 28.2 Å². The number of thiazole rings is 1. The monoisotopic (exact) mass is 371 g/mol. The molecule has 3 rings (SSSR count). The first-order valence-corrected chi connectivity index (χ1v) is 9.58. The van der Waals surface area contributed by atoms with Gasteiger partial charge in [0.2, 0.25) is 5.78 Å². The number of carbonyl (C=O) groups is 2. The van der Waals surface area contributed by atoms with Crippen molar-refractivity contribution >= 4 is 34.4 Å². The number of thiophene rings is 1. The molecule has 0 aliphatic rings. The number of Topliss-reactive ketones (excluding diaryl/α,β-unsaturated/α-hetero) is 1. The third kappa shape index (κ3) is 4.21. The molecule has 2 aromatic heterocycles. The van der Waals surface area contributed by atoms with Crippen molar-refractivity contribution in [3.8, 4) is 10.6 Å². The molecule has 0 saturated carbocycles. The average Bonchev–Trinajstić information content (AvgIpc) is 3.29. The lowest BCUT2D eigenvalue weighted by atomic mass is 10.1. The minimum absolute atomic E-state index is 0.197. The van der Waals surface area contributed by atoms with E-state index in [1.807, 2.05) is 25.1 Å². The lowest BCUT2D eigenvalue weighted by Gasteiger charge is -2.01. The summed E-state index contributed by atoms with van der Waals surface area (Å²) in [5.74, 6) is -0.772. The molecule has 0 radical (unpaired) electrons. The molecule has 0 spiro atoms. The number of hydrogen-bond acceptors (Lipinski definition) is 6. The van der Waals surface area contributed by atoms with Gasteiger partial charge in [0.05, 0.1) is 4.88 Å². The van der Waals surface area contributed by atoms with Crippen molar-refractivity contribution in [1.82, 2.24) is 4.98 Å². The molecule has 128 valence electrons. The van der Waals surface area contributed by atoms with Crippen molar-refractivity contribution in [3.05, 3.63) is 62.8 Å². The van der Waals surface area contributed by atoms with Crippen LogP contribution in [0.1, 0.15) is 37.5 Å². The van der Waals surface area contributed by atoms with Crippen LogP contribution in [0.5, 0.6) is 0 Å². The van der Waals surface area contributed by atoms with Crippen LogP contribution in [0, 0.1) is 6.92 Å². The Kier molecular flexibility index (Phi) is 5.40. The van der Waals surface area contributed by atoms with Crippen molar-refractivity contribution < 1.29 is 14.3 Å². The van der Waals surface area contributed by atoms with Gasteiger partial charge in [-0.15, -0.1) is 22.7 Å². The Labute approximate surface area is 154 Å². The van der Waals surface area contributed by atoms with Crippen molar-refractivity contribution in [2.75, 3.05) is 6.61 Å². The van der Waals surface area contributed by atoms with Crippen molar-refractivity contribution in [1.29, 1.82) is 0 Å². The van der Waals surface area contributed by atoms with Gasteiger partial charge in [0, 0.05) is 15.8 Å². The molecule has 0 atom stereocenters. The highest BCUT2D eigenvalue weighted by atomic mass is 32.1. The van der Waals surface area contributed by atoms with Crippen LogP contribution in [0.25, 0.3) is 10.6 Å². The number of ketones is 1. The standard InChI is InChI=1S/C19H17NO3S2/c1-3-13-5-7-14(8-6-13)18-20-15(11-24-18)19(22)23-10-16(21)17-9-4-12(2)25-17/h4-9,11H,3,10H2,1-2H3. The molecule has 0 aliphatic heterocycles. The molecule has 6 heteroatoms. The molecule has 0 fully saturated rings. The first kappa shape index (κ1) is 17.5. The fraction of sp³-hybridized carbons (Fsp3) is 0.211. The summed E-state index contributed by atoms with van der Waals surface area (Å²) < 4.78 is 5.10. The first-order chi connectivity index (χ1) is 12.1. The van der Waals surface area contributed by atoms with Crippen LogP contribution in [0.2, 0.25) is 0 Å². The molecule has 0 unspecified atom stereocenters. The smallest absolute Gasteiger partial charge is 0.358 e. The zero-order valence-corrected chi connectivity index (χ0v) is 15.6. The fourth-order valence-electron chi connectivity index (χ4n) is 2.24. The summed E-state index contributed by atoms with van der Waals surface area (Å²) in [4.78, 5) is 30.1. The molecule has 25 heavy (non-hydrogen) atoms. The van der Waals surface area contributed by atoms with E-state index in [0.717, 1.165) is 21.9 Å². The molecule has 2 heterocycles. The van der Waals surface area contributed by atoms with Crippen LogP contribution in [-0.2, 0) is 11.2 Å². The van der Waals surface area contributed by atoms with Gasteiger partial charge in [-0.05, 0) is 31.0 Å². The van der Waals surface area contributed by atoms with Gasteiger partial charge < -0.3 is 4.74 Å². The van der Waals surface area contributed by atoms with E-state index in [-0.39, 0.29) is 18.1 Å². The van der Waals surface area contributed by atoms with Crippen molar-refractivity contribution in [2.24, 2.45) is 0 Å². The maximum absolute atomic E-state index is 12.1. The van der Waals surface area contributed by atoms with Gasteiger partial charge in [-0.3, -0.25) is 4.79 Å². The van der Waals surface area contributed by atoms with Gasteiger partial charge in [-0.25, -0.2) is 9.78 Å². The topological polar surface area (TPSA) is 56.3 Å². The molecule has 1 aromatic carbocycles. The third-order valence-electron chi connectivity index (χ3n) is 3.67. The average molecular weight is 371 g/mol. The molecule has 0 amide bonds. The number of ether oxygens (including phenoxy) is 1. The summed E-state index contributed by atoms with van der Waals surface area (Å²) in [6, 6.07) is 11.7. The summed E-state index contributed by atoms with van der Waals surface area (Å²) in [5.41, 5.74) is 2.45. The van der Waals surface area contributed by atoms with Gasteiger partial charge in [0.15, 0.2) is 12.3 Å². The second kappa shape index (κ2) is 7.72. The Morgan fingerprint density at radius 2 is 1.88 bits per heavy atom. The molecular weight excluding hydrogens is 354 g/mol. The lowest BCUT2D eigenvalue weighted by Crippen LogP contribution is -2.13. The van der Waals surface area contributed by atoms with Crippen LogP contribution in [0.15, 0.2) is 41.8 Å². The summed E-state index contributed by atoms with van der Waals surface area (Å²) in [6.07, 6.45) is 0.980. The quantitative estimate of drug-likeness (QED) is 0.462. The molecule has 4 nitrogen and oxygen atoms in total. The second-order valence-electron chi connectivity index (χ2n) is 5.50. The molecule has 0 bridgehead atoms. The van der Waals surface area contributed by atoms with Crippen molar-refractivity contribution in [3.63, 3.8) is 0 Å². The molecule has 0 N–H and O–H groups in total. The predicted molar refractivity (Wildman–Crippen MR) is 101 cm³/mol. The lowest BCUT2D eigenvalue weighted by molar-refractivity contribution is 0.0471. The van der Waals surface area contributed by atoms with Crippen molar-refractivity contribution in [2.45, 2.75) is 20.3 Å².